The molecule has 0 fully saturated rings. The van der Waals surface area contributed by atoms with E-state index in [1.165, 1.54) is 11.8 Å². The summed E-state index contributed by atoms with van der Waals surface area (Å²) in [5.41, 5.74) is 2.67. The lowest BCUT2D eigenvalue weighted by Gasteiger charge is -2.11. The van der Waals surface area contributed by atoms with E-state index in [1.807, 2.05) is 60.0 Å². The number of anilines is 1. The predicted molar refractivity (Wildman–Crippen MR) is 124 cm³/mol. The fourth-order valence-electron chi connectivity index (χ4n) is 2.93. The van der Waals surface area contributed by atoms with Crippen LogP contribution in [0.15, 0.2) is 74.9 Å². The number of carbonyl (C=O) groups is 1. The van der Waals surface area contributed by atoms with Gasteiger partial charge in [0.2, 0.25) is 11.7 Å². The van der Waals surface area contributed by atoms with Crippen molar-refractivity contribution in [2.24, 2.45) is 0 Å². The zero-order valence-electron chi connectivity index (χ0n) is 16.8. The molecular weight excluding hydrogens is 480 g/mol. The molecule has 1 N–H and O–H groups in total. The quantitative estimate of drug-likeness (QED) is 0.346. The number of carbonyl (C=O) groups excluding carboxylic acids is 1. The summed E-state index contributed by atoms with van der Waals surface area (Å²) < 4.78 is 13.5. The summed E-state index contributed by atoms with van der Waals surface area (Å²) in [6.45, 7) is 1.99. The highest BCUT2D eigenvalue weighted by Gasteiger charge is 2.19. The Labute approximate surface area is 191 Å². The standard InChI is InChI=1S/C22H19BrN4O3S/c1-14-5-10-18(17(23)12-14)24-20(28)13-31-22-26-25-21(19-4-3-11-30-19)27(22)15-6-8-16(29-2)9-7-15/h3-12H,13H2,1-2H3,(H,24,28). The molecule has 0 unspecified atom stereocenters. The van der Waals surface area contributed by atoms with Crippen LogP contribution in [0.1, 0.15) is 5.56 Å². The number of amides is 1. The van der Waals surface area contributed by atoms with Gasteiger partial charge in [-0.25, -0.2) is 0 Å². The summed E-state index contributed by atoms with van der Waals surface area (Å²) in [6, 6.07) is 16.9. The summed E-state index contributed by atoms with van der Waals surface area (Å²) in [4.78, 5) is 12.5. The number of nitrogens with zero attached hydrogens (tertiary/aromatic N) is 3. The molecule has 1 amide bonds. The normalized spacial score (nSPS) is 10.8. The number of furan rings is 1. The van der Waals surface area contributed by atoms with Gasteiger partial charge in [0.15, 0.2) is 10.9 Å². The average Bonchev–Trinajstić information content (AvgIpc) is 3.44. The number of thioether (sulfide) groups is 1. The van der Waals surface area contributed by atoms with Crippen molar-refractivity contribution in [2.45, 2.75) is 12.1 Å². The van der Waals surface area contributed by atoms with Gasteiger partial charge in [-0.05, 0) is 76.9 Å². The first kappa shape index (κ1) is 21.2. The monoisotopic (exact) mass is 498 g/mol. The second-order valence-electron chi connectivity index (χ2n) is 6.64. The van der Waals surface area contributed by atoms with Crippen molar-refractivity contribution >= 4 is 39.3 Å². The van der Waals surface area contributed by atoms with Crippen LogP contribution in [-0.4, -0.2) is 33.5 Å². The fourth-order valence-corrected chi connectivity index (χ4v) is 4.28. The maximum absolute atomic E-state index is 12.5. The van der Waals surface area contributed by atoms with Gasteiger partial charge in [-0.1, -0.05) is 17.8 Å². The number of ether oxygens (including phenoxy) is 1. The molecule has 0 radical (unpaired) electrons. The zero-order valence-corrected chi connectivity index (χ0v) is 19.2. The summed E-state index contributed by atoms with van der Waals surface area (Å²) >= 11 is 4.78. The van der Waals surface area contributed by atoms with Crippen molar-refractivity contribution in [2.75, 3.05) is 18.2 Å². The van der Waals surface area contributed by atoms with E-state index < -0.39 is 0 Å². The number of hydrogen-bond acceptors (Lipinski definition) is 6. The molecule has 4 aromatic rings. The lowest BCUT2D eigenvalue weighted by Crippen LogP contribution is -2.15. The lowest BCUT2D eigenvalue weighted by atomic mass is 10.2. The van der Waals surface area contributed by atoms with Gasteiger partial charge in [-0.15, -0.1) is 10.2 Å². The van der Waals surface area contributed by atoms with E-state index in [2.05, 4.69) is 31.4 Å². The van der Waals surface area contributed by atoms with E-state index in [0.717, 1.165) is 27.2 Å². The summed E-state index contributed by atoms with van der Waals surface area (Å²) in [6.07, 6.45) is 1.59. The Bertz CT molecular complexity index is 1190. The molecule has 7 nitrogen and oxygen atoms in total. The van der Waals surface area contributed by atoms with Gasteiger partial charge in [0.1, 0.15) is 5.75 Å². The lowest BCUT2D eigenvalue weighted by molar-refractivity contribution is -0.113. The molecule has 158 valence electrons. The third-order valence-corrected chi connectivity index (χ3v) is 6.02. The molecular formula is C22H19BrN4O3S. The van der Waals surface area contributed by atoms with Crippen LogP contribution in [0.25, 0.3) is 17.3 Å². The molecule has 31 heavy (non-hydrogen) atoms. The van der Waals surface area contributed by atoms with E-state index in [-0.39, 0.29) is 11.7 Å². The SMILES string of the molecule is COc1ccc(-n2c(SCC(=O)Nc3ccc(C)cc3Br)nnc2-c2ccco2)cc1. The molecule has 2 aromatic carbocycles. The molecule has 0 aliphatic rings. The summed E-state index contributed by atoms with van der Waals surface area (Å²) in [7, 11) is 1.62. The Morgan fingerprint density at radius 1 is 1.19 bits per heavy atom. The minimum Gasteiger partial charge on any atom is -0.497 e. The number of methoxy groups -OCH3 is 1. The first-order valence-corrected chi connectivity index (χ1v) is 11.2. The summed E-state index contributed by atoms with van der Waals surface area (Å²) in [5.74, 6) is 1.92. The van der Waals surface area contributed by atoms with Crippen molar-refractivity contribution in [1.82, 2.24) is 14.8 Å². The molecule has 0 spiro atoms. The molecule has 0 aliphatic heterocycles. The van der Waals surface area contributed by atoms with Crippen LogP contribution < -0.4 is 10.1 Å². The number of aryl methyl sites for hydroxylation is 1. The Morgan fingerprint density at radius 2 is 2.00 bits per heavy atom. The highest BCUT2D eigenvalue weighted by atomic mass is 79.9. The van der Waals surface area contributed by atoms with Crippen molar-refractivity contribution in [3.63, 3.8) is 0 Å². The smallest absolute Gasteiger partial charge is 0.234 e. The second-order valence-corrected chi connectivity index (χ2v) is 8.43. The highest BCUT2D eigenvalue weighted by Crippen LogP contribution is 2.29. The molecule has 0 bridgehead atoms. The van der Waals surface area contributed by atoms with E-state index in [0.29, 0.717) is 16.7 Å². The first-order chi connectivity index (χ1) is 15.0. The van der Waals surface area contributed by atoms with Gasteiger partial charge < -0.3 is 14.5 Å². The van der Waals surface area contributed by atoms with Gasteiger partial charge in [0, 0.05) is 4.47 Å². The molecule has 4 rings (SSSR count). The Balaban J connectivity index is 1.57. The maximum Gasteiger partial charge on any atom is 0.234 e. The minimum atomic E-state index is -0.140. The van der Waals surface area contributed by atoms with Crippen molar-refractivity contribution in [1.29, 1.82) is 0 Å². The number of halogens is 1. The average molecular weight is 499 g/mol. The highest BCUT2D eigenvalue weighted by molar-refractivity contribution is 9.10. The third kappa shape index (κ3) is 4.83. The topological polar surface area (TPSA) is 82.2 Å². The number of hydrogen-bond donors (Lipinski definition) is 1. The van der Waals surface area contributed by atoms with E-state index in [9.17, 15) is 4.79 Å². The van der Waals surface area contributed by atoms with Crippen LogP contribution in [0, 0.1) is 6.92 Å². The van der Waals surface area contributed by atoms with Gasteiger partial charge >= 0.3 is 0 Å². The van der Waals surface area contributed by atoms with Crippen LogP contribution in [-0.2, 0) is 4.79 Å². The molecule has 2 aromatic heterocycles. The van der Waals surface area contributed by atoms with Gasteiger partial charge in [0.05, 0.1) is 30.5 Å². The molecule has 0 saturated carbocycles. The maximum atomic E-state index is 12.5. The first-order valence-electron chi connectivity index (χ1n) is 9.37. The minimum absolute atomic E-state index is 0.140. The van der Waals surface area contributed by atoms with Gasteiger partial charge in [0.25, 0.3) is 0 Å². The van der Waals surface area contributed by atoms with Crippen LogP contribution >= 0.6 is 27.7 Å². The largest absolute Gasteiger partial charge is 0.497 e. The van der Waals surface area contributed by atoms with Gasteiger partial charge in [-0.2, -0.15) is 0 Å². The Hall–Kier alpha value is -3.04. The molecule has 2 heterocycles. The molecule has 0 atom stereocenters. The van der Waals surface area contributed by atoms with E-state index in [4.69, 9.17) is 9.15 Å². The van der Waals surface area contributed by atoms with Crippen LogP contribution in [0.3, 0.4) is 0 Å². The van der Waals surface area contributed by atoms with Crippen molar-refractivity contribution < 1.29 is 13.9 Å². The predicted octanol–water partition coefficient (Wildman–Crippen LogP) is 5.34. The molecule has 0 saturated heterocycles. The van der Waals surface area contributed by atoms with Crippen LogP contribution in [0.4, 0.5) is 5.69 Å². The summed E-state index contributed by atoms with van der Waals surface area (Å²) in [5, 5.41) is 12.1. The van der Waals surface area contributed by atoms with Crippen molar-refractivity contribution in [3.8, 4) is 23.0 Å². The van der Waals surface area contributed by atoms with E-state index >= 15 is 0 Å². The Morgan fingerprint density at radius 3 is 2.68 bits per heavy atom. The number of aromatic nitrogens is 3. The third-order valence-electron chi connectivity index (χ3n) is 4.44. The zero-order chi connectivity index (χ0) is 21.8. The van der Waals surface area contributed by atoms with Crippen LogP contribution in [0.5, 0.6) is 5.75 Å². The number of rotatable bonds is 7. The van der Waals surface area contributed by atoms with E-state index in [1.54, 1.807) is 19.4 Å². The van der Waals surface area contributed by atoms with Gasteiger partial charge in [-0.3, -0.25) is 9.36 Å². The second kappa shape index (κ2) is 9.40. The Kier molecular flexibility index (Phi) is 6.43. The molecule has 0 aliphatic carbocycles. The number of benzene rings is 2. The fraction of sp³-hybridized carbons (Fsp3) is 0.136. The number of nitrogens with one attached hydrogen (secondary N) is 1. The molecule has 9 heteroatoms. The van der Waals surface area contributed by atoms with Crippen molar-refractivity contribution in [3.05, 3.63) is 70.9 Å². The van der Waals surface area contributed by atoms with Crippen LogP contribution in [0.2, 0.25) is 0 Å².